The first-order chi connectivity index (χ1) is 16.9. The van der Waals surface area contributed by atoms with Gasteiger partial charge < -0.3 is 20.0 Å². The first-order valence-electron chi connectivity index (χ1n) is 13.3. The average molecular weight is 479 g/mol. The molecular formula is C27H38N6O2. The Morgan fingerprint density at radius 2 is 1.66 bits per heavy atom. The number of amides is 3. The van der Waals surface area contributed by atoms with Crippen molar-refractivity contribution in [2.45, 2.75) is 52.0 Å². The maximum absolute atomic E-state index is 13.4. The molecule has 0 unspecified atom stereocenters. The number of anilines is 2. The second-order valence-corrected chi connectivity index (χ2v) is 11.1. The van der Waals surface area contributed by atoms with Crippen molar-refractivity contribution in [3.63, 3.8) is 0 Å². The van der Waals surface area contributed by atoms with Crippen LogP contribution in [0.4, 0.5) is 16.2 Å². The zero-order valence-electron chi connectivity index (χ0n) is 21.1. The fraction of sp³-hybridized carbons (Fsp3) is 0.667. The predicted octanol–water partition coefficient (Wildman–Crippen LogP) is 3.35. The number of hydrogen-bond acceptors (Lipinski definition) is 5. The fourth-order valence-electron chi connectivity index (χ4n) is 6.00. The molecule has 8 heteroatoms. The number of likely N-dealkylation sites (tertiary alicyclic amines) is 2. The minimum absolute atomic E-state index is 0.114. The lowest BCUT2D eigenvalue weighted by atomic mass is 9.77. The van der Waals surface area contributed by atoms with Crippen LogP contribution >= 0.6 is 0 Å². The molecule has 1 spiro atoms. The minimum Gasteiger partial charge on any atom is -0.367 e. The van der Waals surface area contributed by atoms with Gasteiger partial charge in [0.2, 0.25) is 5.91 Å². The number of rotatable bonds is 4. The predicted molar refractivity (Wildman–Crippen MR) is 136 cm³/mol. The lowest BCUT2D eigenvalue weighted by molar-refractivity contribution is -0.134. The number of piperidine rings is 1. The van der Waals surface area contributed by atoms with E-state index >= 15 is 0 Å². The maximum atomic E-state index is 13.4. The fourth-order valence-corrected chi connectivity index (χ4v) is 6.00. The molecule has 3 amide bonds. The first-order valence-corrected chi connectivity index (χ1v) is 13.3. The molecule has 4 fully saturated rings. The van der Waals surface area contributed by atoms with Crippen LogP contribution in [0.1, 0.15) is 51.5 Å². The van der Waals surface area contributed by atoms with Gasteiger partial charge in [0.1, 0.15) is 6.07 Å². The number of nitrogens with zero attached hydrogens (tertiary/aromatic N) is 5. The molecule has 0 atom stereocenters. The van der Waals surface area contributed by atoms with E-state index in [0.29, 0.717) is 23.2 Å². The van der Waals surface area contributed by atoms with E-state index < -0.39 is 0 Å². The highest BCUT2D eigenvalue weighted by molar-refractivity contribution is 5.95. The number of hydrogen-bond donors (Lipinski definition) is 1. The van der Waals surface area contributed by atoms with Crippen molar-refractivity contribution in [3.05, 3.63) is 23.8 Å². The third-order valence-corrected chi connectivity index (χ3v) is 8.57. The van der Waals surface area contributed by atoms with E-state index in [-0.39, 0.29) is 17.4 Å². The smallest absolute Gasteiger partial charge is 0.321 e. The zero-order chi connectivity index (χ0) is 24.6. The molecule has 3 heterocycles. The second kappa shape index (κ2) is 9.69. The molecule has 1 aromatic rings. The van der Waals surface area contributed by atoms with Gasteiger partial charge in [-0.25, -0.2) is 4.79 Å². The molecule has 188 valence electrons. The summed E-state index contributed by atoms with van der Waals surface area (Å²) in [4.78, 5) is 34.5. The number of benzene rings is 1. The van der Waals surface area contributed by atoms with Crippen LogP contribution in [0.25, 0.3) is 0 Å². The van der Waals surface area contributed by atoms with Gasteiger partial charge in [-0.05, 0) is 63.5 Å². The van der Waals surface area contributed by atoms with Gasteiger partial charge in [0.25, 0.3) is 0 Å². The summed E-state index contributed by atoms with van der Waals surface area (Å²) in [7, 11) is 0. The quantitative estimate of drug-likeness (QED) is 0.718. The summed E-state index contributed by atoms with van der Waals surface area (Å²) in [6.45, 7) is 11.2. The van der Waals surface area contributed by atoms with Crippen LogP contribution in [-0.2, 0) is 4.79 Å². The van der Waals surface area contributed by atoms with Gasteiger partial charge in [-0.15, -0.1) is 0 Å². The number of nitrogens with one attached hydrogen (secondary N) is 1. The lowest BCUT2D eigenvalue weighted by Crippen LogP contribution is -2.49. The molecule has 1 aliphatic carbocycles. The summed E-state index contributed by atoms with van der Waals surface area (Å²) < 4.78 is 0. The molecule has 35 heavy (non-hydrogen) atoms. The van der Waals surface area contributed by atoms with E-state index in [0.717, 1.165) is 90.1 Å². The maximum Gasteiger partial charge on any atom is 0.321 e. The average Bonchev–Trinajstić information content (AvgIpc) is 3.65. The molecule has 3 saturated heterocycles. The number of para-hydroxylation sites is 1. The SMILES string of the molecule is CC(C)N1CCN(c2cccc(C#N)c2NC(=O)N2CCC3(CCN(C(=O)C4CC4)CC3)C2)CC1. The Morgan fingerprint density at radius 1 is 1.00 bits per heavy atom. The number of carbonyl (C=O) groups excluding carboxylic acids is 2. The topological polar surface area (TPSA) is 82.9 Å². The van der Waals surface area contributed by atoms with Crippen molar-refractivity contribution in [2.75, 3.05) is 62.6 Å². The van der Waals surface area contributed by atoms with Crippen molar-refractivity contribution in [3.8, 4) is 6.07 Å². The molecule has 4 aliphatic rings. The van der Waals surface area contributed by atoms with Crippen LogP contribution < -0.4 is 10.2 Å². The van der Waals surface area contributed by atoms with Gasteiger partial charge in [-0.1, -0.05) is 6.07 Å². The van der Waals surface area contributed by atoms with Crippen LogP contribution in [0.3, 0.4) is 0 Å². The molecule has 1 N–H and O–H groups in total. The van der Waals surface area contributed by atoms with Crippen molar-refractivity contribution in [1.29, 1.82) is 5.26 Å². The Kier molecular flexibility index (Phi) is 6.63. The molecule has 0 bridgehead atoms. The van der Waals surface area contributed by atoms with Crippen LogP contribution in [0.15, 0.2) is 18.2 Å². The Morgan fingerprint density at radius 3 is 2.26 bits per heavy atom. The van der Waals surface area contributed by atoms with Crippen molar-refractivity contribution in [1.82, 2.24) is 14.7 Å². The minimum atomic E-state index is -0.122. The Balaban J connectivity index is 1.23. The second-order valence-electron chi connectivity index (χ2n) is 11.1. The number of piperazine rings is 1. The summed E-state index contributed by atoms with van der Waals surface area (Å²) >= 11 is 0. The number of carbonyl (C=O) groups is 2. The third-order valence-electron chi connectivity index (χ3n) is 8.57. The van der Waals surface area contributed by atoms with Gasteiger partial charge in [0.05, 0.1) is 16.9 Å². The van der Waals surface area contributed by atoms with Crippen molar-refractivity contribution < 1.29 is 9.59 Å². The lowest BCUT2D eigenvalue weighted by Gasteiger charge is -2.39. The van der Waals surface area contributed by atoms with Gasteiger partial charge in [0.15, 0.2) is 0 Å². The highest BCUT2D eigenvalue weighted by atomic mass is 16.2. The first kappa shape index (κ1) is 23.9. The summed E-state index contributed by atoms with van der Waals surface area (Å²) in [6, 6.07) is 8.37. The largest absolute Gasteiger partial charge is 0.367 e. The highest BCUT2D eigenvalue weighted by Crippen LogP contribution is 2.42. The van der Waals surface area contributed by atoms with E-state index in [2.05, 4.69) is 35.0 Å². The van der Waals surface area contributed by atoms with Gasteiger partial charge >= 0.3 is 6.03 Å². The summed E-state index contributed by atoms with van der Waals surface area (Å²) in [5, 5.41) is 12.9. The van der Waals surface area contributed by atoms with Gasteiger partial charge in [0, 0.05) is 64.3 Å². The standard InChI is InChI=1S/C27H38N6O2/c1-20(2)30-14-16-31(17-15-30)23-5-3-4-22(18-28)24(23)29-26(35)33-13-10-27(19-33)8-11-32(12-9-27)25(34)21-6-7-21/h3-5,20-21H,6-17,19H2,1-2H3,(H,29,35). The van der Waals surface area contributed by atoms with Crippen LogP contribution in [0.5, 0.6) is 0 Å². The molecule has 5 rings (SSSR count). The third kappa shape index (κ3) is 4.97. The molecule has 0 aromatic heterocycles. The van der Waals surface area contributed by atoms with E-state index in [4.69, 9.17) is 0 Å². The van der Waals surface area contributed by atoms with E-state index in [1.54, 1.807) is 6.07 Å². The monoisotopic (exact) mass is 478 g/mol. The van der Waals surface area contributed by atoms with Crippen molar-refractivity contribution in [2.24, 2.45) is 11.3 Å². The van der Waals surface area contributed by atoms with Gasteiger partial charge in [-0.3, -0.25) is 9.69 Å². The van der Waals surface area contributed by atoms with Gasteiger partial charge in [-0.2, -0.15) is 5.26 Å². The normalized spacial score (nSPS) is 22.5. The summed E-state index contributed by atoms with van der Waals surface area (Å²) in [5.74, 6) is 0.611. The highest BCUT2D eigenvalue weighted by Gasteiger charge is 2.44. The zero-order valence-corrected chi connectivity index (χ0v) is 21.1. The summed E-state index contributed by atoms with van der Waals surface area (Å²) in [5.41, 5.74) is 2.18. The number of nitriles is 1. The Hall–Kier alpha value is -2.79. The molecule has 1 aromatic carbocycles. The molecule has 0 radical (unpaired) electrons. The summed E-state index contributed by atoms with van der Waals surface area (Å²) in [6.07, 6.45) is 5.02. The Bertz CT molecular complexity index is 997. The molecule has 1 saturated carbocycles. The van der Waals surface area contributed by atoms with Crippen LogP contribution in [0.2, 0.25) is 0 Å². The molecular weight excluding hydrogens is 440 g/mol. The van der Waals surface area contributed by atoms with E-state index in [1.165, 1.54) is 0 Å². The van der Waals surface area contributed by atoms with E-state index in [9.17, 15) is 14.9 Å². The van der Waals surface area contributed by atoms with Crippen LogP contribution in [-0.4, -0.2) is 85.0 Å². The number of urea groups is 1. The Labute approximate surface area is 208 Å². The van der Waals surface area contributed by atoms with Crippen molar-refractivity contribution >= 4 is 23.3 Å². The molecule has 3 aliphatic heterocycles. The molecule has 8 nitrogen and oxygen atoms in total. The van der Waals surface area contributed by atoms with E-state index in [1.807, 2.05) is 21.9 Å². The van der Waals surface area contributed by atoms with Crippen LogP contribution in [0, 0.1) is 22.7 Å².